The van der Waals surface area contributed by atoms with Crippen molar-refractivity contribution >= 4 is 29.1 Å². The van der Waals surface area contributed by atoms with Crippen LogP contribution in [0.1, 0.15) is 20.3 Å². The molecular weight excluding hydrogens is 324 g/mol. The largest absolute Gasteiger partial charge is 0.480 e. The maximum atomic E-state index is 11.8. The highest BCUT2D eigenvalue weighted by Crippen LogP contribution is 2.29. The average molecular weight is 340 g/mol. The highest BCUT2D eigenvalue weighted by molar-refractivity contribution is 5.92. The number of hydrogen-bond donors (Lipinski definition) is 3. The van der Waals surface area contributed by atoms with E-state index >= 15 is 0 Å². The highest BCUT2D eigenvalue weighted by atomic mass is 16.6. The van der Waals surface area contributed by atoms with Gasteiger partial charge in [-0.15, -0.1) is 0 Å². The van der Waals surface area contributed by atoms with Crippen molar-refractivity contribution in [1.82, 2.24) is 5.32 Å². The highest BCUT2D eigenvalue weighted by Gasteiger charge is 2.25. The summed E-state index contributed by atoms with van der Waals surface area (Å²) in [5.74, 6) is -1.19. The third-order valence-corrected chi connectivity index (χ3v) is 2.94. The summed E-state index contributed by atoms with van der Waals surface area (Å²) in [6.45, 7) is 3.57. The lowest BCUT2D eigenvalue weighted by Gasteiger charge is -2.16. The summed E-state index contributed by atoms with van der Waals surface area (Å²) in [6.07, 6.45) is 0.198. The van der Waals surface area contributed by atoms with Crippen molar-refractivity contribution in [2.24, 2.45) is 5.92 Å². The minimum Gasteiger partial charge on any atom is -0.480 e. The van der Waals surface area contributed by atoms with Crippen molar-refractivity contribution < 1.29 is 24.5 Å². The third-order valence-electron chi connectivity index (χ3n) is 2.94. The molecule has 0 saturated carbocycles. The quantitative estimate of drug-likeness (QED) is 0.505. The van der Waals surface area contributed by atoms with Crippen LogP contribution in [-0.2, 0) is 4.79 Å². The zero-order valence-corrected chi connectivity index (χ0v) is 12.9. The molecule has 0 fully saturated rings. The summed E-state index contributed by atoms with van der Waals surface area (Å²) in [6, 6.07) is 0.819. The maximum absolute atomic E-state index is 11.8. The van der Waals surface area contributed by atoms with Crippen LogP contribution < -0.4 is 10.6 Å². The topological polar surface area (TPSA) is 165 Å². The van der Waals surface area contributed by atoms with E-state index in [0.717, 1.165) is 18.2 Å². The molecule has 0 saturated heterocycles. The van der Waals surface area contributed by atoms with Gasteiger partial charge in [-0.05, 0) is 18.4 Å². The number of amides is 2. The molecule has 0 radical (unpaired) electrons. The molecule has 0 aliphatic carbocycles. The zero-order chi connectivity index (χ0) is 18.4. The van der Waals surface area contributed by atoms with Crippen molar-refractivity contribution in [3.63, 3.8) is 0 Å². The number of nitrogens with one attached hydrogen (secondary N) is 2. The lowest BCUT2D eigenvalue weighted by molar-refractivity contribution is -0.422. The Morgan fingerprint density at radius 2 is 1.75 bits per heavy atom. The number of anilines is 1. The van der Waals surface area contributed by atoms with Gasteiger partial charge >= 0.3 is 23.4 Å². The molecule has 0 heterocycles. The second kappa shape index (κ2) is 7.85. The summed E-state index contributed by atoms with van der Waals surface area (Å²) in [5.41, 5.74) is -1.57. The smallest absolute Gasteiger partial charge is 0.348 e. The number of carboxylic acid groups (broad SMARTS) is 1. The molecule has 2 amide bonds. The molecule has 1 atom stereocenters. The average Bonchev–Trinajstić information content (AvgIpc) is 2.45. The number of carboxylic acids is 1. The van der Waals surface area contributed by atoms with Gasteiger partial charge in [0.25, 0.3) is 0 Å². The number of nitro groups is 2. The van der Waals surface area contributed by atoms with Crippen molar-refractivity contribution in [2.75, 3.05) is 5.32 Å². The zero-order valence-electron chi connectivity index (χ0n) is 12.9. The lowest BCUT2D eigenvalue weighted by Crippen LogP contribution is -2.43. The number of hydrogen-bond acceptors (Lipinski definition) is 6. The molecular formula is C13H16N4O7. The van der Waals surface area contributed by atoms with Gasteiger partial charge in [-0.2, -0.15) is 0 Å². The predicted octanol–water partition coefficient (Wildman–Crippen LogP) is 2.12. The van der Waals surface area contributed by atoms with Crippen LogP contribution in [0.15, 0.2) is 18.2 Å². The van der Waals surface area contributed by atoms with Crippen LogP contribution in [0.2, 0.25) is 0 Å². The second-order valence-corrected chi connectivity index (χ2v) is 5.34. The van der Waals surface area contributed by atoms with E-state index in [1.807, 2.05) is 0 Å². The number of rotatable bonds is 7. The fourth-order valence-corrected chi connectivity index (χ4v) is 1.92. The van der Waals surface area contributed by atoms with E-state index in [0.29, 0.717) is 0 Å². The van der Waals surface area contributed by atoms with Gasteiger partial charge in [0.15, 0.2) is 0 Å². The van der Waals surface area contributed by atoms with Gasteiger partial charge < -0.3 is 15.7 Å². The van der Waals surface area contributed by atoms with E-state index in [1.54, 1.807) is 13.8 Å². The first-order chi connectivity index (χ1) is 11.1. The second-order valence-electron chi connectivity index (χ2n) is 5.34. The summed E-state index contributed by atoms with van der Waals surface area (Å²) in [4.78, 5) is 42.6. The van der Waals surface area contributed by atoms with Gasteiger partial charge in [-0.25, -0.2) is 9.59 Å². The lowest BCUT2D eigenvalue weighted by atomic mass is 10.0. The number of nitro benzene ring substituents is 2. The van der Waals surface area contributed by atoms with Crippen LogP contribution in [-0.4, -0.2) is 33.0 Å². The van der Waals surface area contributed by atoms with E-state index < -0.39 is 39.3 Å². The maximum Gasteiger partial charge on any atom is 0.348 e. The van der Waals surface area contributed by atoms with Crippen molar-refractivity contribution in [3.05, 3.63) is 38.4 Å². The van der Waals surface area contributed by atoms with Gasteiger partial charge in [0.05, 0.1) is 9.85 Å². The normalized spacial score (nSPS) is 11.6. The van der Waals surface area contributed by atoms with E-state index in [-0.39, 0.29) is 18.0 Å². The standard InChI is InChI=1S/C13H16N4O7/c1-7(2)5-9(12(18)19)15-13(20)14-8-3-4-10(16(21)22)11(6-8)17(23)24/h3-4,6-7,9H,5H2,1-2H3,(H,18,19)(H2,14,15,20)/t9-/m0/s1. The van der Waals surface area contributed by atoms with Crippen LogP contribution in [0, 0.1) is 26.1 Å². The number of nitrogens with zero attached hydrogens (tertiary/aromatic N) is 2. The molecule has 0 aliphatic rings. The van der Waals surface area contributed by atoms with E-state index in [1.165, 1.54) is 0 Å². The van der Waals surface area contributed by atoms with Crippen LogP contribution in [0.3, 0.4) is 0 Å². The van der Waals surface area contributed by atoms with Crippen LogP contribution in [0.5, 0.6) is 0 Å². The fraction of sp³-hybridized carbons (Fsp3) is 0.385. The van der Waals surface area contributed by atoms with Crippen LogP contribution >= 0.6 is 0 Å². The van der Waals surface area contributed by atoms with E-state index in [9.17, 15) is 29.8 Å². The molecule has 0 unspecified atom stereocenters. The molecule has 1 aromatic rings. The van der Waals surface area contributed by atoms with Gasteiger partial charge in [-0.1, -0.05) is 13.8 Å². The van der Waals surface area contributed by atoms with Crippen molar-refractivity contribution in [2.45, 2.75) is 26.3 Å². The summed E-state index contributed by atoms with van der Waals surface area (Å²) >= 11 is 0. The van der Waals surface area contributed by atoms with Gasteiger partial charge in [0, 0.05) is 17.8 Å². The Morgan fingerprint density at radius 3 is 2.21 bits per heavy atom. The Bertz CT molecular complexity index is 674. The number of carbonyl (C=O) groups is 2. The Morgan fingerprint density at radius 1 is 1.17 bits per heavy atom. The van der Waals surface area contributed by atoms with Crippen LogP contribution in [0.4, 0.5) is 21.9 Å². The number of benzene rings is 1. The van der Waals surface area contributed by atoms with E-state index in [2.05, 4.69) is 10.6 Å². The van der Waals surface area contributed by atoms with Gasteiger partial charge in [-0.3, -0.25) is 20.2 Å². The third kappa shape index (κ3) is 5.19. The molecule has 11 nitrogen and oxygen atoms in total. The molecule has 0 aromatic heterocycles. The molecule has 0 bridgehead atoms. The first kappa shape index (κ1) is 18.8. The van der Waals surface area contributed by atoms with Crippen molar-refractivity contribution in [3.8, 4) is 0 Å². The monoisotopic (exact) mass is 340 g/mol. The number of carbonyl (C=O) groups excluding carboxylic acids is 1. The van der Waals surface area contributed by atoms with Crippen LogP contribution in [0.25, 0.3) is 0 Å². The van der Waals surface area contributed by atoms with Gasteiger partial charge in [0.1, 0.15) is 6.04 Å². The van der Waals surface area contributed by atoms with E-state index in [4.69, 9.17) is 5.11 Å². The Hall–Kier alpha value is -3.24. The summed E-state index contributed by atoms with van der Waals surface area (Å²) in [5, 5.41) is 35.1. The number of aliphatic carboxylic acids is 1. The minimum absolute atomic E-state index is 0.0202. The molecule has 11 heteroatoms. The molecule has 24 heavy (non-hydrogen) atoms. The first-order valence-corrected chi connectivity index (χ1v) is 6.85. The number of urea groups is 1. The summed E-state index contributed by atoms with van der Waals surface area (Å²) in [7, 11) is 0. The van der Waals surface area contributed by atoms with Gasteiger partial charge in [0.2, 0.25) is 0 Å². The summed E-state index contributed by atoms with van der Waals surface area (Å²) < 4.78 is 0. The first-order valence-electron chi connectivity index (χ1n) is 6.85. The van der Waals surface area contributed by atoms with Crippen molar-refractivity contribution in [1.29, 1.82) is 0 Å². The molecule has 130 valence electrons. The SMILES string of the molecule is CC(C)C[C@H](NC(=O)Nc1ccc([N+](=O)[O-])c([N+](=O)[O-])c1)C(=O)O. The molecule has 0 spiro atoms. The molecule has 0 aliphatic heterocycles. The predicted molar refractivity (Wildman–Crippen MR) is 82.8 cm³/mol. The molecule has 1 rings (SSSR count). The Balaban J connectivity index is 2.90. The fourth-order valence-electron chi connectivity index (χ4n) is 1.92. The Kier molecular flexibility index (Phi) is 6.15. The molecule has 3 N–H and O–H groups in total. The minimum atomic E-state index is -1.21. The Labute approximate surface area is 136 Å². The molecule has 1 aromatic carbocycles.